The first kappa shape index (κ1) is 23.8. The van der Waals surface area contributed by atoms with Crippen molar-refractivity contribution in [3.8, 4) is 0 Å². The van der Waals surface area contributed by atoms with E-state index in [0.29, 0.717) is 30.2 Å². The average Bonchev–Trinajstić information content (AvgIpc) is 3.11. The summed E-state index contributed by atoms with van der Waals surface area (Å²) >= 11 is 1.27. The number of nitrogens with zero attached hydrogens (tertiary/aromatic N) is 2. The average molecular weight is 481 g/mol. The van der Waals surface area contributed by atoms with Crippen LogP contribution in [-0.2, 0) is 19.2 Å². The number of carbonyl (C=O) groups excluding carboxylic acids is 4. The highest BCUT2D eigenvalue weighted by molar-refractivity contribution is 8.01. The molecule has 0 radical (unpaired) electrons. The van der Waals surface area contributed by atoms with Crippen molar-refractivity contribution in [2.24, 2.45) is 0 Å². The number of hydrogen-bond donors (Lipinski definition) is 2. The summed E-state index contributed by atoms with van der Waals surface area (Å²) in [5.41, 5.74) is 1.80. The van der Waals surface area contributed by atoms with Gasteiger partial charge in [-0.1, -0.05) is 25.0 Å². The number of carbonyl (C=O) groups is 4. The van der Waals surface area contributed by atoms with Crippen LogP contribution in [-0.4, -0.2) is 53.4 Å². The minimum absolute atomic E-state index is 0.176. The number of rotatable bonds is 5. The van der Waals surface area contributed by atoms with Gasteiger partial charge in [-0.3, -0.25) is 19.2 Å². The van der Waals surface area contributed by atoms with Gasteiger partial charge in [-0.05, 0) is 49.2 Å². The lowest BCUT2D eigenvalue weighted by molar-refractivity contribution is -0.135. The zero-order chi connectivity index (χ0) is 24.1. The van der Waals surface area contributed by atoms with E-state index in [9.17, 15) is 19.2 Å². The first-order chi connectivity index (χ1) is 16.4. The molecule has 0 saturated carbocycles. The molecule has 1 unspecified atom stereocenters. The fraction of sp³-hybridized carbons (Fsp3) is 0.360. The van der Waals surface area contributed by atoms with E-state index >= 15 is 0 Å². The Balaban J connectivity index is 1.49. The van der Waals surface area contributed by atoms with Gasteiger partial charge >= 0.3 is 0 Å². The van der Waals surface area contributed by atoms with Crippen LogP contribution in [0, 0.1) is 0 Å². The summed E-state index contributed by atoms with van der Waals surface area (Å²) in [6.07, 6.45) is 4.08. The Morgan fingerprint density at radius 1 is 0.912 bits per heavy atom. The van der Waals surface area contributed by atoms with Crippen molar-refractivity contribution in [2.45, 2.75) is 42.8 Å². The van der Waals surface area contributed by atoms with E-state index in [4.69, 9.17) is 0 Å². The van der Waals surface area contributed by atoms with Gasteiger partial charge in [0.25, 0.3) is 5.91 Å². The van der Waals surface area contributed by atoms with Gasteiger partial charge in [0.2, 0.25) is 17.7 Å². The number of hydrogen-bond acceptors (Lipinski definition) is 5. The molecule has 0 aromatic heterocycles. The third-order valence-electron chi connectivity index (χ3n) is 5.82. The molecule has 2 aromatic carbocycles. The lowest BCUT2D eigenvalue weighted by Crippen LogP contribution is -2.51. The maximum absolute atomic E-state index is 13.4. The number of anilines is 3. The number of thioether (sulfide) groups is 1. The molecule has 1 fully saturated rings. The molecule has 2 heterocycles. The second-order valence-corrected chi connectivity index (χ2v) is 9.58. The van der Waals surface area contributed by atoms with E-state index in [2.05, 4.69) is 10.6 Å². The minimum atomic E-state index is -0.891. The predicted octanol–water partition coefficient (Wildman–Crippen LogP) is 3.49. The van der Waals surface area contributed by atoms with Gasteiger partial charge in [-0.15, -0.1) is 11.8 Å². The first-order valence-electron chi connectivity index (χ1n) is 11.5. The lowest BCUT2D eigenvalue weighted by atomic mass is 10.2. The molecule has 2 aliphatic rings. The monoisotopic (exact) mass is 480 g/mol. The second-order valence-electron chi connectivity index (χ2n) is 8.44. The molecule has 178 valence electrons. The van der Waals surface area contributed by atoms with Crippen molar-refractivity contribution in [1.82, 2.24) is 4.90 Å². The van der Waals surface area contributed by atoms with Gasteiger partial charge in [0.05, 0.1) is 5.69 Å². The molecular formula is C25H28N4O4S. The first-order valence-corrected chi connectivity index (χ1v) is 12.3. The molecule has 2 aliphatic heterocycles. The molecule has 0 aliphatic carbocycles. The van der Waals surface area contributed by atoms with Gasteiger partial charge in [-0.2, -0.15) is 0 Å². The number of likely N-dealkylation sites (tertiary alicyclic amines) is 1. The maximum atomic E-state index is 13.4. The predicted molar refractivity (Wildman–Crippen MR) is 133 cm³/mol. The summed E-state index contributed by atoms with van der Waals surface area (Å²) in [5, 5.41) is 4.57. The fourth-order valence-corrected chi connectivity index (χ4v) is 5.37. The van der Waals surface area contributed by atoms with Crippen LogP contribution in [0.4, 0.5) is 17.1 Å². The number of fused-ring (bicyclic) bond motifs is 1. The van der Waals surface area contributed by atoms with Crippen molar-refractivity contribution in [1.29, 1.82) is 0 Å². The van der Waals surface area contributed by atoms with E-state index in [-0.39, 0.29) is 30.2 Å². The highest BCUT2D eigenvalue weighted by Crippen LogP contribution is 2.39. The third-order valence-corrected chi connectivity index (χ3v) is 7.06. The maximum Gasteiger partial charge on any atom is 0.250 e. The lowest BCUT2D eigenvalue weighted by Gasteiger charge is -2.34. The normalized spacial score (nSPS) is 18.0. The van der Waals surface area contributed by atoms with E-state index in [0.717, 1.165) is 30.6 Å². The van der Waals surface area contributed by atoms with Crippen LogP contribution in [0.5, 0.6) is 0 Å². The summed E-state index contributed by atoms with van der Waals surface area (Å²) in [6, 6.07) is 14.1. The largest absolute Gasteiger partial charge is 0.341 e. The van der Waals surface area contributed by atoms with Crippen LogP contribution in [0.3, 0.4) is 0 Å². The van der Waals surface area contributed by atoms with Crippen LogP contribution in [0.15, 0.2) is 53.4 Å². The zero-order valence-electron chi connectivity index (χ0n) is 19.1. The summed E-state index contributed by atoms with van der Waals surface area (Å²) in [4.78, 5) is 54.7. The van der Waals surface area contributed by atoms with E-state index in [1.807, 2.05) is 18.2 Å². The molecule has 0 bridgehead atoms. The van der Waals surface area contributed by atoms with Crippen LogP contribution in [0.25, 0.3) is 0 Å². The van der Waals surface area contributed by atoms with Crippen molar-refractivity contribution < 1.29 is 19.2 Å². The van der Waals surface area contributed by atoms with Crippen LogP contribution < -0.4 is 15.5 Å². The van der Waals surface area contributed by atoms with Gasteiger partial charge in [0.1, 0.15) is 6.54 Å². The van der Waals surface area contributed by atoms with Crippen molar-refractivity contribution >= 4 is 52.5 Å². The molecule has 2 N–H and O–H groups in total. The summed E-state index contributed by atoms with van der Waals surface area (Å²) in [5.74, 6) is -1.09. The van der Waals surface area contributed by atoms with E-state index in [1.165, 1.54) is 23.6 Å². The number of benzene rings is 2. The fourth-order valence-electron chi connectivity index (χ4n) is 4.18. The Hall–Kier alpha value is -3.33. The molecule has 0 spiro atoms. The van der Waals surface area contributed by atoms with Crippen molar-refractivity contribution in [3.63, 3.8) is 0 Å². The molecule has 1 saturated heterocycles. The topological polar surface area (TPSA) is 98.8 Å². The smallest absolute Gasteiger partial charge is 0.250 e. The summed E-state index contributed by atoms with van der Waals surface area (Å²) in [7, 11) is 0. The Morgan fingerprint density at radius 2 is 1.53 bits per heavy atom. The Morgan fingerprint density at radius 3 is 2.18 bits per heavy atom. The van der Waals surface area contributed by atoms with Crippen LogP contribution >= 0.6 is 11.8 Å². The molecular weight excluding hydrogens is 452 g/mol. The zero-order valence-corrected chi connectivity index (χ0v) is 19.9. The summed E-state index contributed by atoms with van der Waals surface area (Å²) < 4.78 is 0. The molecule has 9 heteroatoms. The Bertz CT molecular complexity index is 1080. The van der Waals surface area contributed by atoms with Gasteiger partial charge in [-0.25, -0.2) is 0 Å². The number of amides is 4. The highest BCUT2D eigenvalue weighted by Gasteiger charge is 2.40. The van der Waals surface area contributed by atoms with Gasteiger partial charge in [0, 0.05) is 36.3 Å². The third kappa shape index (κ3) is 5.59. The van der Waals surface area contributed by atoms with E-state index in [1.54, 1.807) is 35.2 Å². The Kier molecular flexibility index (Phi) is 7.52. The number of para-hydroxylation sites is 1. The van der Waals surface area contributed by atoms with Gasteiger partial charge < -0.3 is 20.4 Å². The van der Waals surface area contributed by atoms with Crippen LogP contribution in [0.1, 0.15) is 32.6 Å². The standard InChI is InChI=1S/C25H28N4O4S/c1-17(30)26-18-10-12-19(13-11-18)27-22(31)16-29-20-8-4-5-9-21(20)34-23(25(29)33)24(32)28-14-6-2-3-7-15-28/h4-5,8-13,23H,2-3,6-7,14-16H2,1H3,(H,26,30)(H,27,31). The quantitative estimate of drug-likeness (QED) is 0.639. The molecule has 34 heavy (non-hydrogen) atoms. The van der Waals surface area contributed by atoms with Crippen molar-refractivity contribution in [3.05, 3.63) is 48.5 Å². The molecule has 8 nitrogen and oxygen atoms in total. The Labute approximate surface area is 203 Å². The molecule has 4 rings (SSSR count). The van der Waals surface area contributed by atoms with E-state index < -0.39 is 5.25 Å². The summed E-state index contributed by atoms with van der Waals surface area (Å²) in [6.45, 7) is 2.56. The number of nitrogens with one attached hydrogen (secondary N) is 2. The molecule has 1 atom stereocenters. The minimum Gasteiger partial charge on any atom is -0.341 e. The highest BCUT2D eigenvalue weighted by atomic mass is 32.2. The van der Waals surface area contributed by atoms with Crippen LogP contribution in [0.2, 0.25) is 0 Å². The molecule has 4 amide bonds. The molecule has 2 aromatic rings. The second kappa shape index (κ2) is 10.7. The van der Waals surface area contributed by atoms with Crippen molar-refractivity contribution in [2.75, 3.05) is 35.2 Å². The van der Waals surface area contributed by atoms with Gasteiger partial charge in [0.15, 0.2) is 5.25 Å². The SMILES string of the molecule is CC(=O)Nc1ccc(NC(=O)CN2C(=O)C(C(=O)N3CCCCCC3)Sc3ccccc32)cc1.